The van der Waals surface area contributed by atoms with Gasteiger partial charge in [0.25, 0.3) is 0 Å². The van der Waals surface area contributed by atoms with E-state index in [1.54, 1.807) is 0 Å². The molecule has 2 atom stereocenters. The van der Waals surface area contributed by atoms with Gasteiger partial charge in [-0.15, -0.1) is 0 Å². The molecule has 0 saturated carbocycles. The summed E-state index contributed by atoms with van der Waals surface area (Å²) in [7, 11) is 0. The molecule has 2 heterocycles. The molecule has 4 heteroatoms. The summed E-state index contributed by atoms with van der Waals surface area (Å²) < 4.78 is 0. The van der Waals surface area contributed by atoms with Gasteiger partial charge in [0.2, 0.25) is 0 Å². The Hall–Kier alpha value is -0.840. The zero-order chi connectivity index (χ0) is 10.7. The number of rotatable bonds is 3. The van der Waals surface area contributed by atoms with Crippen LogP contribution in [0.4, 0.5) is 0 Å². The van der Waals surface area contributed by atoms with Crippen molar-refractivity contribution < 1.29 is 0 Å². The zero-order valence-electron chi connectivity index (χ0n) is 9.24. The number of nitrogens with two attached hydrogens (primary N) is 1. The molecule has 1 aliphatic heterocycles. The number of nitrogens with zero attached hydrogens (tertiary/aromatic N) is 1. The third-order valence-electron chi connectivity index (χ3n) is 3.25. The molecule has 15 heavy (non-hydrogen) atoms. The van der Waals surface area contributed by atoms with Crippen molar-refractivity contribution in [2.24, 2.45) is 5.73 Å². The molecule has 0 aliphatic carbocycles. The Bertz CT molecular complexity index is 277. The first-order chi connectivity index (χ1) is 7.29. The summed E-state index contributed by atoms with van der Waals surface area (Å²) in [5, 5.41) is 3.35. The van der Waals surface area contributed by atoms with Crippen LogP contribution in [0.3, 0.4) is 0 Å². The van der Waals surface area contributed by atoms with Gasteiger partial charge in [-0.2, -0.15) is 0 Å². The van der Waals surface area contributed by atoms with Crippen LogP contribution in [0, 0.1) is 0 Å². The molecule has 1 aliphatic rings. The number of aromatic nitrogens is 1. The molecule has 84 valence electrons. The Morgan fingerprint density at radius 3 is 2.73 bits per heavy atom. The number of aromatic amines is 1. The van der Waals surface area contributed by atoms with E-state index in [1.807, 2.05) is 12.4 Å². The molecule has 2 unspecified atom stereocenters. The maximum absolute atomic E-state index is 6.23. The second-order valence-corrected chi connectivity index (χ2v) is 4.20. The maximum Gasteiger partial charge on any atom is 0.0465 e. The van der Waals surface area contributed by atoms with E-state index in [9.17, 15) is 0 Å². The van der Waals surface area contributed by atoms with Crippen molar-refractivity contribution in [3.05, 3.63) is 24.0 Å². The van der Waals surface area contributed by atoms with Gasteiger partial charge < -0.3 is 16.0 Å². The summed E-state index contributed by atoms with van der Waals surface area (Å²) in [6.07, 6.45) is 3.92. The maximum atomic E-state index is 6.23. The molecule has 0 spiro atoms. The lowest BCUT2D eigenvalue weighted by molar-refractivity contribution is 0.163. The highest BCUT2D eigenvalue weighted by Gasteiger charge is 2.23. The fourth-order valence-electron chi connectivity index (χ4n) is 2.14. The SMILES string of the molecule is CC(C(N)c1cc[nH]c1)N1CCNCC1. The number of hydrogen-bond donors (Lipinski definition) is 3. The van der Waals surface area contributed by atoms with Crippen LogP contribution in [0.15, 0.2) is 18.5 Å². The minimum absolute atomic E-state index is 0.106. The number of H-pyrrole nitrogens is 1. The lowest BCUT2D eigenvalue weighted by Gasteiger charge is -2.35. The van der Waals surface area contributed by atoms with Crippen LogP contribution < -0.4 is 11.1 Å². The van der Waals surface area contributed by atoms with Gasteiger partial charge in [0.15, 0.2) is 0 Å². The van der Waals surface area contributed by atoms with Gasteiger partial charge >= 0.3 is 0 Å². The van der Waals surface area contributed by atoms with Crippen LogP contribution in [0.5, 0.6) is 0 Å². The van der Waals surface area contributed by atoms with Gasteiger partial charge in [0.05, 0.1) is 0 Å². The van der Waals surface area contributed by atoms with E-state index < -0.39 is 0 Å². The van der Waals surface area contributed by atoms with E-state index in [0.717, 1.165) is 26.2 Å². The monoisotopic (exact) mass is 208 g/mol. The molecule has 4 N–H and O–H groups in total. The third kappa shape index (κ3) is 2.40. The van der Waals surface area contributed by atoms with Crippen molar-refractivity contribution in [3.8, 4) is 0 Å². The van der Waals surface area contributed by atoms with E-state index in [4.69, 9.17) is 5.73 Å². The van der Waals surface area contributed by atoms with E-state index in [2.05, 4.69) is 28.2 Å². The minimum Gasteiger partial charge on any atom is -0.367 e. The molecule has 0 bridgehead atoms. The summed E-state index contributed by atoms with van der Waals surface area (Å²) in [6.45, 7) is 6.55. The first-order valence-electron chi connectivity index (χ1n) is 5.62. The van der Waals surface area contributed by atoms with Crippen LogP contribution in [0.1, 0.15) is 18.5 Å². The molecule has 2 rings (SSSR count). The number of nitrogens with one attached hydrogen (secondary N) is 2. The van der Waals surface area contributed by atoms with E-state index in [1.165, 1.54) is 5.56 Å². The minimum atomic E-state index is 0.106. The molecular weight excluding hydrogens is 188 g/mol. The number of hydrogen-bond acceptors (Lipinski definition) is 3. The van der Waals surface area contributed by atoms with Crippen molar-refractivity contribution >= 4 is 0 Å². The highest BCUT2D eigenvalue weighted by Crippen LogP contribution is 2.18. The Kier molecular flexibility index (Phi) is 3.41. The first kappa shape index (κ1) is 10.7. The summed E-state index contributed by atoms with van der Waals surface area (Å²) in [5.74, 6) is 0. The van der Waals surface area contributed by atoms with Crippen LogP contribution >= 0.6 is 0 Å². The van der Waals surface area contributed by atoms with E-state index in [0.29, 0.717) is 6.04 Å². The second-order valence-electron chi connectivity index (χ2n) is 4.20. The van der Waals surface area contributed by atoms with Gasteiger partial charge in [-0.25, -0.2) is 0 Å². The van der Waals surface area contributed by atoms with Gasteiger partial charge in [0.1, 0.15) is 0 Å². The third-order valence-corrected chi connectivity index (χ3v) is 3.25. The van der Waals surface area contributed by atoms with Gasteiger partial charge in [-0.1, -0.05) is 0 Å². The van der Waals surface area contributed by atoms with Crippen molar-refractivity contribution in [2.45, 2.75) is 19.0 Å². The molecule has 0 amide bonds. The molecule has 1 fully saturated rings. The predicted octanol–water partition coefficient (Wildman–Crippen LogP) is 0.308. The Labute approximate surface area is 90.8 Å². The van der Waals surface area contributed by atoms with Crippen molar-refractivity contribution in [1.29, 1.82) is 0 Å². The molecule has 1 aromatic heterocycles. The molecule has 4 nitrogen and oxygen atoms in total. The van der Waals surface area contributed by atoms with Crippen molar-refractivity contribution in [2.75, 3.05) is 26.2 Å². The standard InChI is InChI=1S/C11H20N4/c1-9(15-6-4-13-5-7-15)11(12)10-2-3-14-8-10/h2-3,8-9,11,13-14H,4-7,12H2,1H3. The molecule has 0 radical (unpaired) electrons. The quantitative estimate of drug-likeness (QED) is 0.670. The molecular formula is C11H20N4. The highest BCUT2D eigenvalue weighted by atomic mass is 15.2. The topological polar surface area (TPSA) is 57.1 Å². The van der Waals surface area contributed by atoms with E-state index in [-0.39, 0.29) is 6.04 Å². The fraction of sp³-hybridized carbons (Fsp3) is 0.636. The average molecular weight is 208 g/mol. The second kappa shape index (κ2) is 4.79. The average Bonchev–Trinajstić information content (AvgIpc) is 2.82. The smallest absolute Gasteiger partial charge is 0.0465 e. The predicted molar refractivity (Wildman–Crippen MR) is 61.6 cm³/mol. The summed E-state index contributed by atoms with van der Waals surface area (Å²) in [5.41, 5.74) is 7.43. The Morgan fingerprint density at radius 1 is 1.40 bits per heavy atom. The van der Waals surface area contributed by atoms with Crippen LogP contribution in [0.25, 0.3) is 0 Å². The van der Waals surface area contributed by atoms with E-state index >= 15 is 0 Å². The summed E-state index contributed by atoms with van der Waals surface area (Å²) in [6, 6.07) is 2.57. The van der Waals surface area contributed by atoms with Gasteiger partial charge in [-0.3, -0.25) is 4.90 Å². The first-order valence-corrected chi connectivity index (χ1v) is 5.62. The van der Waals surface area contributed by atoms with Crippen LogP contribution in [0.2, 0.25) is 0 Å². The zero-order valence-corrected chi connectivity index (χ0v) is 9.24. The van der Waals surface area contributed by atoms with Gasteiger partial charge in [-0.05, 0) is 18.6 Å². The van der Waals surface area contributed by atoms with Crippen LogP contribution in [-0.4, -0.2) is 42.1 Å². The lowest BCUT2D eigenvalue weighted by atomic mass is 10.0. The van der Waals surface area contributed by atoms with Crippen LogP contribution in [-0.2, 0) is 0 Å². The normalized spacial score (nSPS) is 22.5. The Balaban J connectivity index is 1.97. The summed E-state index contributed by atoms with van der Waals surface area (Å²) in [4.78, 5) is 5.51. The Morgan fingerprint density at radius 2 is 2.13 bits per heavy atom. The molecule has 0 aromatic carbocycles. The molecule has 1 aromatic rings. The van der Waals surface area contributed by atoms with Crippen molar-refractivity contribution in [3.63, 3.8) is 0 Å². The fourth-order valence-corrected chi connectivity index (χ4v) is 2.14. The van der Waals surface area contributed by atoms with Crippen molar-refractivity contribution in [1.82, 2.24) is 15.2 Å². The summed E-state index contributed by atoms with van der Waals surface area (Å²) >= 11 is 0. The molecule has 1 saturated heterocycles. The van der Waals surface area contributed by atoms with Gasteiger partial charge in [0, 0.05) is 50.7 Å². The highest BCUT2D eigenvalue weighted by molar-refractivity contribution is 5.15. The number of piperazine rings is 1. The largest absolute Gasteiger partial charge is 0.367 e. The lowest BCUT2D eigenvalue weighted by Crippen LogP contribution is -2.50.